The van der Waals surface area contributed by atoms with Gasteiger partial charge < -0.3 is 15.0 Å². The molecule has 1 aromatic rings. The van der Waals surface area contributed by atoms with E-state index in [1.807, 2.05) is 13.8 Å². The average Bonchev–Trinajstić information content (AvgIpc) is 2.71. The van der Waals surface area contributed by atoms with Gasteiger partial charge in [0.25, 0.3) is 5.91 Å². The van der Waals surface area contributed by atoms with Crippen molar-refractivity contribution in [2.75, 3.05) is 45.9 Å². The summed E-state index contributed by atoms with van der Waals surface area (Å²) >= 11 is 5.85. The predicted octanol–water partition coefficient (Wildman–Crippen LogP) is 3.21. The highest BCUT2D eigenvalue weighted by atomic mass is 35.5. The van der Waals surface area contributed by atoms with Crippen molar-refractivity contribution >= 4 is 23.4 Å². The molecule has 2 rings (SSSR count). The maximum absolute atomic E-state index is 13.0. The Morgan fingerprint density at radius 2 is 1.74 bits per heavy atom. The van der Waals surface area contributed by atoms with Crippen molar-refractivity contribution in [1.82, 2.24) is 15.1 Å². The van der Waals surface area contributed by atoms with Gasteiger partial charge in [0.15, 0.2) is 0 Å². The number of hydrogen-bond donors (Lipinski definition) is 1. The van der Waals surface area contributed by atoms with Gasteiger partial charge in [-0.25, -0.2) is 0 Å². The van der Waals surface area contributed by atoms with Crippen molar-refractivity contribution in [3.05, 3.63) is 34.9 Å². The molecule has 174 valence electrons. The monoisotopic (exact) mass is 463 g/mol. The van der Waals surface area contributed by atoms with Crippen LogP contribution in [-0.4, -0.2) is 79.8 Å². The Kier molecular flexibility index (Phi) is 9.58. The number of alkyl halides is 3. The largest absolute Gasteiger partial charge is 0.411 e. The van der Waals surface area contributed by atoms with Gasteiger partial charge in [-0.2, -0.15) is 13.2 Å². The Bertz CT molecular complexity index is 721. The molecule has 1 saturated heterocycles. The number of amides is 2. The summed E-state index contributed by atoms with van der Waals surface area (Å²) in [5.41, 5.74) is 0.431. The number of nitrogens with zero attached hydrogens (tertiary/aromatic N) is 2. The first-order valence-electron chi connectivity index (χ1n) is 10.3. The van der Waals surface area contributed by atoms with Crippen molar-refractivity contribution in [1.29, 1.82) is 0 Å². The minimum atomic E-state index is -4.30. The topological polar surface area (TPSA) is 61.9 Å². The summed E-state index contributed by atoms with van der Waals surface area (Å²) in [6.07, 6.45) is -3.81. The van der Waals surface area contributed by atoms with Crippen LogP contribution in [0.1, 0.15) is 30.6 Å². The van der Waals surface area contributed by atoms with Crippen molar-refractivity contribution in [3.63, 3.8) is 0 Å². The molecular weight excluding hydrogens is 435 g/mol. The summed E-state index contributed by atoms with van der Waals surface area (Å²) in [5, 5.41) is 3.35. The van der Waals surface area contributed by atoms with E-state index in [1.165, 1.54) is 0 Å². The summed E-state index contributed by atoms with van der Waals surface area (Å²) < 4.78 is 40.8. The average molecular weight is 464 g/mol. The number of halogens is 4. The summed E-state index contributed by atoms with van der Waals surface area (Å²) in [6.45, 7) is 5.44. The van der Waals surface area contributed by atoms with E-state index in [0.29, 0.717) is 49.7 Å². The first-order chi connectivity index (χ1) is 14.6. The van der Waals surface area contributed by atoms with Gasteiger partial charge in [0.1, 0.15) is 12.6 Å². The third kappa shape index (κ3) is 8.66. The molecule has 0 spiro atoms. The van der Waals surface area contributed by atoms with Crippen LogP contribution in [0.3, 0.4) is 0 Å². The highest BCUT2D eigenvalue weighted by Gasteiger charge is 2.31. The van der Waals surface area contributed by atoms with E-state index >= 15 is 0 Å². The zero-order valence-corrected chi connectivity index (χ0v) is 18.5. The molecular formula is C21H29ClF3N3O3. The van der Waals surface area contributed by atoms with E-state index in [9.17, 15) is 22.8 Å². The molecule has 0 aromatic heterocycles. The molecule has 1 fully saturated rings. The van der Waals surface area contributed by atoms with Crippen LogP contribution in [-0.2, 0) is 9.53 Å². The maximum atomic E-state index is 13.0. The second kappa shape index (κ2) is 11.7. The van der Waals surface area contributed by atoms with Crippen LogP contribution in [0.5, 0.6) is 0 Å². The highest BCUT2D eigenvalue weighted by Crippen LogP contribution is 2.15. The SMILES string of the molecule is CC(C)C(NC(=O)c1ccc(Cl)cc1)C(=O)N1CCN(CCCOCC(F)(F)F)CC1. The lowest BCUT2D eigenvalue weighted by molar-refractivity contribution is -0.174. The molecule has 1 aliphatic rings. The fourth-order valence-electron chi connectivity index (χ4n) is 3.31. The standard InChI is InChI=1S/C21H29ClF3N3O3/c1-15(2)18(26-19(29)16-4-6-17(22)7-5-16)20(30)28-11-9-27(10-12-28)8-3-13-31-14-21(23,24)25/h4-7,15,18H,3,8-14H2,1-2H3,(H,26,29). The molecule has 1 N–H and O–H groups in total. The molecule has 1 unspecified atom stereocenters. The third-order valence-corrected chi connectivity index (χ3v) is 5.29. The van der Waals surface area contributed by atoms with Crippen molar-refractivity contribution in [2.45, 2.75) is 32.5 Å². The fraction of sp³-hybridized carbons (Fsp3) is 0.619. The van der Waals surface area contributed by atoms with Gasteiger partial charge in [0.05, 0.1) is 0 Å². The number of benzene rings is 1. The molecule has 0 aliphatic carbocycles. The molecule has 10 heteroatoms. The van der Waals surface area contributed by atoms with Gasteiger partial charge >= 0.3 is 6.18 Å². The summed E-state index contributed by atoms with van der Waals surface area (Å²) in [6, 6.07) is 5.81. The number of rotatable bonds is 9. The number of carbonyl (C=O) groups excluding carboxylic acids is 2. The molecule has 1 heterocycles. The van der Waals surface area contributed by atoms with Gasteiger partial charge in [0, 0.05) is 49.9 Å². The van der Waals surface area contributed by atoms with Gasteiger partial charge in [-0.15, -0.1) is 0 Å². The van der Waals surface area contributed by atoms with E-state index in [1.54, 1.807) is 29.2 Å². The van der Waals surface area contributed by atoms with Crippen molar-refractivity contribution < 1.29 is 27.5 Å². The summed E-state index contributed by atoms with van der Waals surface area (Å²) in [4.78, 5) is 29.4. The van der Waals surface area contributed by atoms with E-state index < -0.39 is 18.8 Å². The Hall–Kier alpha value is -1.84. The quantitative estimate of drug-likeness (QED) is 0.571. The van der Waals surface area contributed by atoms with Crippen molar-refractivity contribution in [2.24, 2.45) is 5.92 Å². The molecule has 0 radical (unpaired) electrons. The van der Waals surface area contributed by atoms with E-state index in [0.717, 1.165) is 0 Å². The number of nitrogens with one attached hydrogen (secondary N) is 1. The second-order valence-electron chi connectivity index (χ2n) is 7.89. The summed E-state index contributed by atoms with van der Waals surface area (Å²) in [5.74, 6) is -0.556. The number of carbonyl (C=O) groups is 2. The molecule has 1 atom stereocenters. The molecule has 0 bridgehead atoms. The fourth-order valence-corrected chi connectivity index (χ4v) is 3.43. The smallest absolute Gasteiger partial charge is 0.372 e. The Labute approximate surface area is 185 Å². The lowest BCUT2D eigenvalue weighted by Crippen LogP contribution is -2.56. The normalized spacial score (nSPS) is 16.4. The van der Waals surface area contributed by atoms with E-state index in [2.05, 4.69) is 15.0 Å². The van der Waals surface area contributed by atoms with Gasteiger partial charge in [0.2, 0.25) is 5.91 Å². The third-order valence-electron chi connectivity index (χ3n) is 5.04. The molecule has 1 aromatic carbocycles. The number of ether oxygens (including phenoxy) is 1. The van der Waals surface area contributed by atoms with E-state index in [4.69, 9.17) is 11.6 Å². The lowest BCUT2D eigenvalue weighted by atomic mass is 10.0. The zero-order chi connectivity index (χ0) is 23.0. The van der Waals surface area contributed by atoms with Crippen LogP contribution in [0.4, 0.5) is 13.2 Å². The first-order valence-corrected chi connectivity index (χ1v) is 10.7. The van der Waals surface area contributed by atoms with Crippen LogP contribution in [0.2, 0.25) is 5.02 Å². The lowest BCUT2D eigenvalue weighted by Gasteiger charge is -2.37. The minimum Gasteiger partial charge on any atom is -0.372 e. The van der Waals surface area contributed by atoms with Crippen LogP contribution in [0.25, 0.3) is 0 Å². The number of hydrogen-bond acceptors (Lipinski definition) is 4. The van der Waals surface area contributed by atoms with Crippen LogP contribution in [0.15, 0.2) is 24.3 Å². The molecule has 0 saturated carbocycles. The highest BCUT2D eigenvalue weighted by molar-refractivity contribution is 6.30. The Morgan fingerprint density at radius 3 is 2.29 bits per heavy atom. The van der Waals surface area contributed by atoms with Crippen LogP contribution < -0.4 is 5.32 Å². The van der Waals surface area contributed by atoms with Gasteiger partial charge in [-0.05, 0) is 36.6 Å². The van der Waals surface area contributed by atoms with Gasteiger partial charge in [-0.1, -0.05) is 25.4 Å². The van der Waals surface area contributed by atoms with Gasteiger partial charge in [-0.3, -0.25) is 14.5 Å². The molecule has 2 amide bonds. The van der Waals surface area contributed by atoms with Crippen LogP contribution >= 0.6 is 11.6 Å². The Balaban J connectivity index is 1.79. The van der Waals surface area contributed by atoms with Crippen LogP contribution in [0, 0.1) is 5.92 Å². The van der Waals surface area contributed by atoms with Crippen molar-refractivity contribution in [3.8, 4) is 0 Å². The molecule has 31 heavy (non-hydrogen) atoms. The first kappa shape index (κ1) is 25.4. The second-order valence-corrected chi connectivity index (χ2v) is 8.33. The maximum Gasteiger partial charge on any atom is 0.411 e. The summed E-state index contributed by atoms with van der Waals surface area (Å²) in [7, 11) is 0. The predicted molar refractivity (Wildman–Crippen MR) is 112 cm³/mol. The minimum absolute atomic E-state index is 0.0464. The molecule has 6 nitrogen and oxygen atoms in total. The van der Waals surface area contributed by atoms with E-state index in [-0.39, 0.29) is 24.3 Å². The number of piperazine rings is 1. The molecule has 1 aliphatic heterocycles. The zero-order valence-electron chi connectivity index (χ0n) is 17.8. The Morgan fingerprint density at radius 1 is 1.13 bits per heavy atom.